The maximum atomic E-state index is 5.16. The van der Waals surface area contributed by atoms with Gasteiger partial charge in [0, 0.05) is 55.2 Å². The van der Waals surface area contributed by atoms with Crippen LogP contribution in [0.5, 0.6) is 0 Å². The van der Waals surface area contributed by atoms with Crippen molar-refractivity contribution in [1.29, 1.82) is 0 Å². The van der Waals surface area contributed by atoms with Gasteiger partial charge in [0.2, 0.25) is 0 Å². The van der Waals surface area contributed by atoms with Crippen LogP contribution in [0.2, 0.25) is 0 Å². The number of pyridine rings is 3. The molecule has 6 aromatic carbocycles. The van der Waals surface area contributed by atoms with Gasteiger partial charge in [0.25, 0.3) is 0 Å². The molecule has 59 heavy (non-hydrogen) atoms. The SMILES string of the molecule is Cc1ccc(-c2ccccc2)cc1-c1ccc(-c2cc[c-]c(-c3cc(C(C)(C)C)ccn3)c2)c2cc(-c3ccccc3)cnc12.Cc1ccnc(-c2[c-]cccc2)c1.[Ir]. The zero-order valence-corrected chi connectivity index (χ0v) is 36.4. The van der Waals surface area contributed by atoms with Gasteiger partial charge in [-0.25, -0.2) is 0 Å². The molecule has 0 aliphatic heterocycles. The number of nitrogens with zero attached hydrogens (tertiary/aromatic N) is 3. The van der Waals surface area contributed by atoms with E-state index < -0.39 is 0 Å². The van der Waals surface area contributed by atoms with E-state index in [9.17, 15) is 0 Å². The van der Waals surface area contributed by atoms with Crippen molar-refractivity contribution in [3.8, 4) is 67.0 Å². The van der Waals surface area contributed by atoms with Crippen LogP contribution in [0.3, 0.4) is 0 Å². The molecule has 0 saturated carbocycles. The van der Waals surface area contributed by atoms with Gasteiger partial charge < -0.3 is 9.97 Å². The topological polar surface area (TPSA) is 38.7 Å². The van der Waals surface area contributed by atoms with Crippen molar-refractivity contribution in [3.05, 3.63) is 211 Å². The second-order valence-electron chi connectivity index (χ2n) is 15.7. The summed E-state index contributed by atoms with van der Waals surface area (Å²) < 4.78 is 0. The van der Waals surface area contributed by atoms with Crippen LogP contribution in [0.15, 0.2) is 182 Å². The normalized spacial score (nSPS) is 11.0. The molecule has 0 bridgehead atoms. The molecular formula is C55H45IrN3-2. The summed E-state index contributed by atoms with van der Waals surface area (Å²) in [5, 5.41) is 1.12. The maximum absolute atomic E-state index is 5.16. The van der Waals surface area contributed by atoms with Gasteiger partial charge in [0.05, 0.1) is 5.52 Å². The van der Waals surface area contributed by atoms with Gasteiger partial charge in [-0.2, -0.15) is 0 Å². The molecule has 1 radical (unpaired) electrons. The van der Waals surface area contributed by atoms with E-state index in [0.717, 1.165) is 61.2 Å². The Balaban J connectivity index is 0.000000321. The fourth-order valence-electron chi connectivity index (χ4n) is 7.26. The van der Waals surface area contributed by atoms with E-state index in [1.807, 2.05) is 55.0 Å². The van der Waals surface area contributed by atoms with Crippen LogP contribution in [0.4, 0.5) is 0 Å². The van der Waals surface area contributed by atoms with Gasteiger partial charge in [0.15, 0.2) is 0 Å². The molecule has 4 heteroatoms. The number of benzene rings is 6. The smallest absolute Gasteiger partial charge is 0.0786 e. The summed E-state index contributed by atoms with van der Waals surface area (Å²) in [6, 6.07) is 63.7. The first-order chi connectivity index (χ1) is 28.2. The summed E-state index contributed by atoms with van der Waals surface area (Å²) >= 11 is 0. The molecule has 0 saturated heterocycles. The molecule has 0 atom stereocenters. The van der Waals surface area contributed by atoms with Gasteiger partial charge >= 0.3 is 0 Å². The zero-order chi connectivity index (χ0) is 40.1. The van der Waals surface area contributed by atoms with Crippen molar-refractivity contribution < 1.29 is 20.1 Å². The molecule has 0 spiro atoms. The van der Waals surface area contributed by atoms with E-state index in [-0.39, 0.29) is 25.5 Å². The third-order valence-corrected chi connectivity index (χ3v) is 10.5. The van der Waals surface area contributed by atoms with Gasteiger partial charge in [0.1, 0.15) is 0 Å². The minimum Gasteiger partial charge on any atom is -0.305 e. The van der Waals surface area contributed by atoms with Crippen molar-refractivity contribution in [1.82, 2.24) is 15.0 Å². The van der Waals surface area contributed by atoms with Crippen LogP contribution >= 0.6 is 0 Å². The third kappa shape index (κ3) is 9.37. The number of hydrogen-bond donors (Lipinski definition) is 0. The molecule has 0 aliphatic rings. The van der Waals surface area contributed by atoms with Gasteiger partial charge in [-0.05, 0) is 93.9 Å². The quantitative estimate of drug-likeness (QED) is 0.156. The standard InChI is InChI=1S/C43H35N2.C12H10N.Ir/c1-29-18-19-32(30-12-7-5-8-13-30)25-39(29)38-21-20-37(40-26-35(28-45-42(38)40)31-14-9-6-10-15-31)33-16-11-17-34(24-33)41-27-36(22-23-44-41)43(2,3)4;1-10-7-8-13-12(9-10)11-5-3-2-4-6-11;/h5-16,18-28H,1-4H3;2-5,7-9H,1H3;/q2*-1;. The summed E-state index contributed by atoms with van der Waals surface area (Å²) in [6.45, 7) is 10.9. The van der Waals surface area contributed by atoms with Crippen LogP contribution in [0.1, 0.15) is 37.5 Å². The molecule has 291 valence electrons. The Morgan fingerprint density at radius 2 is 1.12 bits per heavy atom. The van der Waals surface area contributed by atoms with Gasteiger partial charge in [-0.3, -0.25) is 4.98 Å². The van der Waals surface area contributed by atoms with Gasteiger partial charge in [-0.15, -0.1) is 71.3 Å². The molecule has 3 aromatic heterocycles. The summed E-state index contributed by atoms with van der Waals surface area (Å²) in [5.41, 5.74) is 17.9. The predicted molar refractivity (Wildman–Crippen MR) is 242 cm³/mol. The summed E-state index contributed by atoms with van der Waals surface area (Å²) in [5.74, 6) is 0. The number of aromatic nitrogens is 3. The van der Waals surface area contributed by atoms with E-state index in [1.54, 1.807) is 0 Å². The summed E-state index contributed by atoms with van der Waals surface area (Å²) in [7, 11) is 0. The minimum absolute atomic E-state index is 0. The third-order valence-electron chi connectivity index (χ3n) is 10.5. The Morgan fingerprint density at radius 3 is 1.81 bits per heavy atom. The Hall–Kier alpha value is -6.32. The first-order valence-electron chi connectivity index (χ1n) is 19.7. The van der Waals surface area contributed by atoms with E-state index in [4.69, 9.17) is 9.97 Å². The molecular weight excluding hydrogens is 895 g/mol. The molecule has 0 N–H and O–H groups in total. The van der Waals surface area contributed by atoms with Crippen molar-refractivity contribution in [2.24, 2.45) is 0 Å². The molecule has 9 rings (SSSR count). The number of hydrogen-bond acceptors (Lipinski definition) is 3. The Bertz CT molecular complexity index is 2830. The molecule has 3 nitrogen and oxygen atoms in total. The number of fused-ring (bicyclic) bond motifs is 1. The molecule has 0 unspecified atom stereocenters. The molecule has 9 aromatic rings. The maximum Gasteiger partial charge on any atom is 0.0786 e. The van der Waals surface area contributed by atoms with E-state index in [0.29, 0.717) is 0 Å². The first kappa shape index (κ1) is 40.9. The van der Waals surface area contributed by atoms with E-state index in [2.05, 4.69) is 179 Å². The van der Waals surface area contributed by atoms with E-state index >= 15 is 0 Å². The number of rotatable bonds is 6. The van der Waals surface area contributed by atoms with Crippen molar-refractivity contribution >= 4 is 10.9 Å². The zero-order valence-electron chi connectivity index (χ0n) is 34.0. The Morgan fingerprint density at radius 1 is 0.458 bits per heavy atom. The van der Waals surface area contributed by atoms with Crippen LogP contribution in [-0.4, -0.2) is 15.0 Å². The Kier molecular flexibility index (Phi) is 12.5. The van der Waals surface area contributed by atoms with Gasteiger partial charge in [-0.1, -0.05) is 123 Å². The fraction of sp³-hybridized carbons (Fsp3) is 0.109. The average molecular weight is 940 g/mol. The molecule has 0 fully saturated rings. The van der Waals surface area contributed by atoms with E-state index in [1.165, 1.54) is 33.4 Å². The molecule has 0 aliphatic carbocycles. The van der Waals surface area contributed by atoms with Crippen LogP contribution in [-0.2, 0) is 25.5 Å². The molecule has 3 heterocycles. The van der Waals surface area contributed by atoms with Crippen LogP contribution < -0.4 is 0 Å². The second kappa shape index (κ2) is 18.1. The van der Waals surface area contributed by atoms with Crippen molar-refractivity contribution in [3.63, 3.8) is 0 Å². The largest absolute Gasteiger partial charge is 0.305 e. The Labute approximate surface area is 362 Å². The molecule has 0 amide bonds. The number of aryl methyl sites for hydroxylation is 2. The van der Waals surface area contributed by atoms with Crippen LogP contribution in [0, 0.1) is 26.0 Å². The monoisotopic (exact) mass is 940 g/mol. The minimum atomic E-state index is 0. The van der Waals surface area contributed by atoms with Crippen LogP contribution in [0.25, 0.3) is 77.9 Å². The fourth-order valence-corrected chi connectivity index (χ4v) is 7.26. The second-order valence-corrected chi connectivity index (χ2v) is 15.7. The average Bonchev–Trinajstić information content (AvgIpc) is 3.27. The van der Waals surface area contributed by atoms with Crippen molar-refractivity contribution in [2.45, 2.75) is 40.0 Å². The van der Waals surface area contributed by atoms with Crippen molar-refractivity contribution in [2.75, 3.05) is 0 Å². The summed E-state index contributed by atoms with van der Waals surface area (Å²) in [4.78, 5) is 14.2. The predicted octanol–water partition coefficient (Wildman–Crippen LogP) is 14.2. The summed E-state index contributed by atoms with van der Waals surface area (Å²) in [6.07, 6.45) is 5.74. The first-order valence-corrected chi connectivity index (χ1v) is 19.7.